The first kappa shape index (κ1) is 19.9. The molecule has 0 amide bonds. The van der Waals surface area contributed by atoms with Crippen molar-refractivity contribution in [2.24, 2.45) is 0 Å². The molecule has 0 saturated carbocycles. The first-order valence-corrected chi connectivity index (χ1v) is 8.97. The highest BCUT2D eigenvalue weighted by atomic mass is 16.7. The van der Waals surface area contributed by atoms with Crippen molar-refractivity contribution in [1.82, 2.24) is 0 Å². The number of fused-ring (bicyclic) bond motifs is 1. The van der Waals surface area contributed by atoms with Crippen molar-refractivity contribution in [3.05, 3.63) is 35.4 Å². The van der Waals surface area contributed by atoms with Gasteiger partial charge < -0.3 is 33.5 Å². The van der Waals surface area contributed by atoms with Gasteiger partial charge in [0, 0.05) is 17.5 Å². The molecule has 1 aliphatic heterocycles. The standard InChI is InChI=1S/C21H26O7/c1-12(22)6-14(13-7-19(24-3)21(26-5)20(8-13)25-4)15-9-17-18(28-11-27-17)10-16(15)23-2/h7-10,12,14,22H,6,11H2,1-5H3/t12-,14+/m1/s1. The van der Waals surface area contributed by atoms with Gasteiger partial charge in [0.1, 0.15) is 5.75 Å². The van der Waals surface area contributed by atoms with Gasteiger partial charge in [-0.1, -0.05) is 0 Å². The van der Waals surface area contributed by atoms with Crippen LogP contribution in [0.3, 0.4) is 0 Å². The van der Waals surface area contributed by atoms with E-state index in [0.29, 0.717) is 40.9 Å². The summed E-state index contributed by atoms with van der Waals surface area (Å²) < 4.78 is 33.0. The van der Waals surface area contributed by atoms with E-state index in [-0.39, 0.29) is 12.7 Å². The van der Waals surface area contributed by atoms with E-state index < -0.39 is 6.10 Å². The number of hydrogen-bond donors (Lipinski definition) is 1. The van der Waals surface area contributed by atoms with Crippen LogP contribution in [0.1, 0.15) is 30.4 Å². The molecule has 7 nitrogen and oxygen atoms in total. The maximum Gasteiger partial charge on any atom is 0.231 e. The summed E-state index contributed by atoms with van der Waals surface area (Å²) in [7, 11) is 6.32. The molecular weight excluding hydrogens is 364 g/mol. The van der Waals surface area contributed by atoms with E-state index in [0.717, 1.165) is 11.1 Å². The van der Waals surface area contributed by atoms with Gasteiger partial charge in [0.05, 0.1) is 34.5 Å². The van der Waals surface area contributed by atoms with E-state index in [1.807, 2.05) is 24.3 Å². The quantitative estimate of drug-likeness (QED) is 0.741. The minimum Gasteiger partial charge on any atom is -0.496 e. The molecule has 0 saturated heterocycles. The lowest BCUT2D eigenvalue weighted by molar-refractivity contribution is 0.173. The topological polar surface area (TPSA) is 75.6 Å². The SMILES string of the molecule is COc1cc2c(cc1[C@@H](C[C@@H](C)O)c1cc(OC)c(OC)c(OC)c1)OCO2. The van der Waals surface area contributed by atoms with Crippen molar-refractivity contribution < 1.29 is 33.5 Å². The van der Waals surface area contributed by atoms with Crippen LogP contribution in [0.25, 0.3) is 0 Å². The molecule has 2 aromatic rings. The predicted molar refractivity (Wildman–Crippen MR) is 103 cm³/mol. The summed E-state index contributed by atoms with van der Waals surface area (Å²) in [5, 5.41) is 10.2. The summed E-state index contributed by atoms with van der Waals surface area (Å²) in [6.45, 7) is 1.93. The van der Waals surface area contributed by atoms with Crippen LogP contribution >= 0.6 is 0 Å². The van der Waals surface area contributed by atoms with Crippen LogP contribution in [0.15, 0.2) is 24.3 Å². The van der Waals surface area contributed by atoms with Gasteiger partial charge in [0.2, 0.25) is 12.5 Å². The lowest BCUT2D eigenvalue weighted by Gasteiger charge is -2.24. The van der Waals surface area contributed by atoms with Crippen molar-refractivity contribution >= 4 is 0 Å². The maximum atomic E-state index is 10.2. The minimum absolute atomic E-state index is 0.174. The van der Waals surface area contributed by atoms with Crippen LogP contribution in [-0.4, -0.2) is 46.4 Å². The fraction of sp³-hybridized carbons (Fsp3) is 0.429. The molecule has 2 atom stereocenters. The van der Waals surface area contributed by atoms with Gasteiger partial charge in [-0.05, 0) is 37.1 Å². The molecule has 3 rings (SSSR count). The molecule has 0 aromatic heterocycles. The van der Waals surface area contributed by atoms with Crippen molar-refractivity contribution in [2.45, 2.75) is 25.4 Å². The zero-order valence-electron chi connectivity index (χ0n) is 16.8. The van der Waals surface area contributed by atoms with Crippen molar-refractivity contribution in [1.29, 1.82) is 0 Å². The predicted octanol–water partition coefficient (Wildman–Crippen LogP) is 3.35. The van der Waals surface area contributed by atoms with Crippen molar-refractivity contribution in [3.8, 4) is 34.5 Å². The van der Waals surface area contributed by atoms with Crippen LogP contribution < -0.4 is 28.4 Å². The van der Waals surface area contributed by atoms with Crippen LogP contribution in [-0.2, 0) is 0 Å². The molecule has 0 unspecified atom stereocenters. The largest absolute Gasteiger partial charge is 0.496 e. The molecule has 0 spiro atoms. The summed E-state index contributed by atoms with van der Waals surface area (Å²) in [6.07, 6.45) is -0.0755. The summed E-state index contributed by atoms with van der Waals surface area (Å²) in [5.41, 5.74) is 1.77. The van der Waals surface area contributed by atoms with Gasteiger partial charge in [-0.3, -0.25) is 0 Å². The number of rotatable bonds is 8. The number of methoxy groups -OCH3 is 4. The first-order chi connectivity index (χ1) is 13.5. The van der Waals surface area contributed by atoms with Crippen LogP contribution in [0, 0.1) is 0 Å². The Labute approximate surface area is 164 Å². The third-order valence-electron chi connectivity index (χ3n) is 4.77. The Morgan fingerprint density at radius 3 is 1.93 bits per heavy atom. The Morgan fingerprint density at radius 2 is 1.43 bits per heavy atom. The summed E-state index contributed by atoms with van der Waals surface area (Å²) in [5.74, 6) is 3.36. The molecule has 0 bridgehead atoms. The van der Waals surface area contributed by atoms with Gasteiger partial charge in [-0.2, -0.15) is 0 Å². The average Bonchev–Trinajstić information content (AvgIpc) is 3.17. The molecule has 2 aromatic carbocycles. The Bertz CT molecular complexity index is 807. The molecule has 28 heavy (non-hydrogen) atoms. The fourth-order valence-corrected chi connectivity index (χ4v) is 3.47. The van der Waals surface area contributed by atoms with Gasteiger partial charge in [-0.25, -0.2) is 0 Å². The Hall–Kier alpha value is -2.80. The average molecular weight is 390 g/mol. The minimum atomic E-state index is -0.542. The third kappa shape index (κ3) is 3.75. The molecule has 0 fully saturated rings. The number of hydrogen-bond acceptors (Lipinski definition) is 7. The first-order valence-electron chi connectivity index (χ1n) is 8.97. The van der Waals surface area contributed by atoms with Crippen LogP contribution in [0.4, 0.5) is 0 Å². The molecule has 152 valence electrons. The zero-order chi connectivity index (χ0) is 20.3. The van der Waals surface area contributed by atoms with E-state index in [1.54, 1.807) is 35.4 Å². The Kier molecular flexibility index (Phi) is 6.04. The van der Waals surface area contributed by atoms with Gasteiger partial charge >= 0.3 is 0 Å². The molecule has 1 aliphatic rings. The normalized spacial score (nSPS) is 14.4. The monoisotopic (exact) mass is 390 g/mol. The van der Waals surface area contributed by atoms with Gasteiger partial charge in [0.15, 0.2) is 23.0 Å². The van der Waals surface area contributed by atoms with Crippen LogP contribution in [0.5, 0.6) is 34.5 Å². The highest BCUT2D eigenvalue weighted by molar-refractivity contribution is 5.59. The van der Waals surface area contributed by atoms with E-state index in [2.05, 4.69) is 0 Å². The molecule has 0 aliphatic carbocycles. The second-order valence-electron chi connectivity index (χ2n) is 6.54. The number of ether oxygens (including phenoxy) is 6. The maximum absolute atomic E-state index is 10.2. The summed E-state index contributed by atoms with van der Waals surface area (Å²) in [4.78, 5) is 0. The van der Waals surface area contributed by atoms with E-state index in [4.69, 9.17) is 28.4 Å². The van der Waals surface area contributed by atoms with E-state index >= 15 is 0 Å². The molecule has 7 heteroatoms. The fourth-order valence-electron chi connectivity index (χ4n) is 3.47. The second-order valence-corrected chi connectivity index (χ2v) is 6.54. The molecule has 1 N–H and O–H groups in total. The third-order valence-corrected chi connectivity index (χ3v) is 4.77. The summed E-state index contributed by atoms with van der Waals surface area (Å²) >= 11 is 0. The van der Waals surface area contributed by atoms with Crippen molar-refractivity contribution in [3.63, 3.8) is 0 Å². The zero-order valence-corrected chi connectivity index (χ0v) is 16.8. The van der Waals surface area contributed by atoms with E-state index in [1.165, 1.54) is 0 Å². The molecule has 0 radical (unpaired) electrons. The Morgan fingerprint density at radius 1 is 0.857 bits per heavy atom. The number of benzene rings is 2. The summed E-state index contributed by atoms with van der Waals surface area (Å²) in [6, 6.07) is 7.49. The lowest BCUT2D eigenvalue weighted by atomic mass is 9.85. The number of aliphatic hydroxyl groups is 1. The van der Waals surface area contributed by atoms with Gasteiger partial charge in [0.25, 0.3) is 0 Å². The molecule has 1 heterocycles. The van der Waals surface area contributed by atoms with E-state index in [9.17, 15) is 5.11 Å². The highest BCUT2D eigenvalue weighted by Crippen LogP contribution is 2.47. The van der Waals surface area contributed by atoms with Crippen molar-refractivity contribution in [2.75, 3.05) is 35.2 Å². The highest BCUT2D eigenvalue weighted by Gasteiger charge is 2.27. The number of aliphatic hydroxyl groups excluding tert-OH is 1. The lowest BCUT2D eigenvalue weighted by Crippen LogP contribution is -2.12. The second kappa shape index (κ2) is 8.48. The molecular formula is C21H26O7. The van der Waals surface area contributed by atoms with Gasteiger partial charge in [-0.15, -0.1) is 0 Å². The smallest absolute Gasteiger partial charge is 0.231 e. The van der Waals surface area contributed by atoms with Crippen LogP contribution in [0.2, 0.25) is 0 Å². The Balaban J connectivity index is 2.17.